The van der Waals surface area contributed by atoms with E-state index >= 15 is 0 Å². The van der Waals surface area contributed by atoms with E-state index in [9.17, 15) is 9.18 Å². The first-order valence-electron chi connectivity index (χ1n) is 4.53. The number of nitrogens with zero attached hydrogens (tertiary/aromatic N) is 2. The summed E-state index contributed by atoms with van der Waals surface area (Å²) in [5.41, 5.74) is 1.81. The van der Waals surface area contributed by atoms with Crippen LogP contribution in [0.25, 0.3) is 5.69 Å². The lowest BCUT2D eigenvalue weighted by molar-refractivity contribution is 0.616. The number of aromatic nitrogens is 2. The molecule has 0 bridgehead atoms. The number of rotatable bonds is 2. The fraction of sp³-hybridized carbons (Fsp3) is 0. The molecule has 82 valence electrons. The molecule has 5 nitrogen and oxygen atoms in total. The Morgan fingerprint density at radius 3 is 2.81 bits per heavy atom. The van der Waals surface area contributed by atoms with Gasteiger partial charge in [0.2, 0.25) is 5.82 Å². The third-order valence-electron chi connectivity index (χ3n) is 2.09. The molecule has 0 amide bonds. The average molecular weight is 220 g/mol. The van der Waals surface area contributed by atoms with Crippen LogP contribution < -0.4 is 16.8 Å². The van der Waals surface area contributed by atoms with Crippen LogP contribution in [-0.4, -0.2) is 9.55 Å². The Hall–Kier alpha value is -2.21. The molecule has 2 rings (SSSR count). The zero-order chi connectivity index (χ0) is 11.5. The molecule has 3 N–H and O–H groups in total. The van der Waals surface area contributed by atoms with Crippen molar-refractivity contribution in [3.05, 3.63) is 52.8 Å². The maximum atomic E-state index is 13.5. The van der Waals surface area contributed by atoms with Crippen LogP contribution in [0.2, 0.25) is 0 Å². The van der Waals surface area contributed by atoms with Crippen molar-refractivity contribution in [2.45, 2.75) is 0 Å². The predicted octanol–water partition coefficient (Wildman–Crippen LogP) is 0.657. The quantitative estimate of drug-likeness (QED) is 0.576. The van der Waals surface area contributed by atoms with Crippen LogP contribution in [0.3, 0.4) is 0 Å². The number of hydrazine groups is 1. The highest BCUT2D eigenvalue weighted by Crippen LogP contribution is 2.10. The van der Waals surface area contributed by atoms with Crippen molar-refractivity contribution in [2.75, 3.05) is 5.43 Å². The lowest BCUT2D eigenvalue weighted by Crippen LogP contribution is -2.26. The van der Waals surface area contributed by atoms with Gasteiger partial charge in [0.15, 0.2) is 0 Å². The Kier molecular flexibility index (Phi) is 2.65. The van der Waals surface area contributed by atoms with Gasteiger partial charge >= 0.3 is 0 Å². The first-order chi connectivity index (χ1) is 7.74. The molecule has 0 spiro atoms. The van der Waals surface area contributed by atoms with Gasteiger partial charge in [-0.3, -0.25) is 9.36 Å². The predicted molar refractivity (Wildman–Crippen MR) is 57.6 cm³/mol. The number of para-hydroxylation sites is 1. The Labute approximate surface area is 90.3 Å². The molecular weight excluding hydrogens is 211 g/mol. The second-order valence-corrected chi connectivity index (χ2v) is 3.05. The van der Waals surface area contributed by atoms with Crippen molar-refractivity contribution in [2.24, 2.45) is 5.84 Å². The topological polar surface area (TPSA) is 72.9 Å². The Morgan fingerprint density at radius 1 is 1.38 bits per heavy atom. The number of nitrogens with one attached hydrogen (secondary N) is 1. The maximum Gasteiger partial charge on any atom is 0.299 e. The van der Waals surface area contributed by atoms with Crippen molar-refractivity contribution >= 4 is 5.82 Å². The van der Waals surface area contributed by atoms with E-state index in [2.05, 4.69) is 10.4 Å². The Bertz CT molecular complexity index is 567. The highest BCUT2D eigenvalue weighted by molar-refractivity contribution is 5.38. The smallest absolute Gasteiger partial charge is 0.299 e. The second-order valence-electron chi connectivity index (χ2n) is 3.05. The van der Waals surface area contributed by atoms with E-state index in [4.69, 9.17) is 5.84 Å². The highest BCUT2D eigenvalue weighted by atomic mass is 19.1. The molecule has 0 atom stereocenters. The number of halogens is 1. The third-order valence-corrected chi connectivity index (χ3v) is 2.09. The number of anilines is 1. The summed E-state index contributed by atoms with van der Waals surface area (Å²) < 4.78 is 14.6. The van der Waals surface area contributed by atoms with Crippen molar-refractivity contribution in [1.82, 2.24) is 9.55 Å². The van der Waals surface area contributed by atoms with Crippen molar-refractivity contribution < 1.29 is 4.39 Å². The van der Waals surface area contributed by atoms with Gasteiger partial charge in [-0.2, -0.15) is 0 Å². The first kappa shape index (κ1) is 10.3. The van der Waals surface area contributed by atoms with E-state index in [1.54, 1.807) is 12.1 Å². The van der Waals surface area contributed by atoms with Crippen molar-refractivity contribution in [3.8, 4) is 5.69 Å². The number of benzene rings is 1. The zero-order valence-electron chi connectivity index (χ0n) is 8.22. The molecule has 0 saturated heterocycles. The van der Waals surface area contributed by atoms with E-state index in [0.717, 1.165) is 4.57 Å². The molecule has 0 unspecified atom stereocenters. The number of hydrogen-bond acceptors (Lipinski definition) is 4. The van der Waals surface area contributed by atoms with Gasteiger partial charge in [-0.15, -0.1) is 0 Å². The van der Waals surface area contributed by atoms with Gasteiger partial charge in [0.05, 0.1) is 5.69 Å². The molecule has 2 aromatic rings. The van der Waals surface area contributed by atoms with Crippen LogP contribution >= 0.6 is 0 Å². The van der Waals surface area contributed by atoms with E-state index in [1.807, 2.05) is 0 Å². The van der Waals surface area contributed by atoms with Gasteiger partial charge in [0.1, 0.15) is 5.82 Å². The fourth-order valence-electron chi connectivity index (χ4n) is 1.35. The molecule has 0 fully saturated rings. The van der Waals surface area contributed by atoms with E-state index in [1.165, 1.54) is 24.5 Å². The average Bonchev–Trinajstić information content (AvgIpc) is 2.31. The third kappa shape index (κ3) is 1.66. The van der Waals surface area contributed by atoms with Crippen LogP contribution in [0.5, 0.6) is 0 Å². The largest absolute Gasteiger partial charge is 0.304 e. The summed E-state index contributed by atoms with van der Waals surface area (Å²) in [6, 6.07) is 5.96. The van der Waals surface area contributed by atoms with Gasteiger partial charge in [0.25, 0.3) is 5.56 Å². The summed E-state index contributed by atoms with van der Waals surface area (Å²) in [7, 11) is 0. The molecule has 1 aromatic heterocycles. The molecule has 0 aliphatic rings. The summed E-state index contributed by atoms with van der Waals surface area (Å²) >= 11 is 0. The van der Waals surface area contributed by atoms with Crippen LogP contribution in [0, 0.1) is 5.82 Å². The van der Waals surface area contributed by atoms with Gasteiger partial charge in [-0.05, 0) is 12.1 Å². The SMILES string of the molecule is NNc1nccn(-c2ccccc2F)c1=O. The lowest BCUT2D eigenvalue weighted by atomic mass is 10.3. The molecule has 0 radical (unpaired) electrons. The summed E-state index contributed by atoms with van der Waals surface area (Å²) in [5.74, 6) is 4.59. The minimum absolute atomic E-state index is 0.0363. The molecule has 1 aromatic carbocycles. The fourth-order valence-corrected chi connectivity index (χ4v) is 1.35. The van der Waals surface area contributed by atoms with Gasteiger partial charge < -0.3 is 5.43 Å². The molecule has 1 heterocycles. The van der Waals surface area contributed by atoms with E-state index < -0.39 is 11.4 Å². The lowest BCUT2D eigenvalue weighted by Gasteiger charge is -2.07. The normalized spacial score (nSPS) is 10.1. The minimum Gasteiger partial charge on any atom is -0.304 e. The highest BCUT2D eigenvalue weighted by Gasteiger charge is 2.08. The van der Waals surface area contributed by atoms with E-state index in [-0.39, 0.29) is 11.5 Å². The number of nitrogen functional groups attached to an aromatic ring is 1. The van der Waals surface area contributed by atoms with Gasteiger partial charge in [-0.25, -0.2) is 15.2 Å². The molecule has 16 heavy (non-hydrogen) atoms. The molecule has 0 aliphatic carbocycles. The first-order valence-corrected chi connectivity index (χ1v) is 4.53. The van der Waals surface area contributed by atoms with Crippen LogP contribution in [0.15, 0.2) is 41.5 Å². The summed E-state index contributed by atoms with van der Waals surface area (Å²) in [6.45, 7) is 0. The van der Waals surface area contributed by atoms with Gasteiger partial charge in [0, 0.05) is 12.4 Å². The van der Waals surface area contributed by atoms with Crippen LogP contribution in [0.4, 0.5) is 10.2 Å². The summed E-state index contributed by atoms with van der Waals surface area (Å²) in [4.78, 5) is 15.5. The number of hydrogen-bond donors (Lipinski definition) is 2. The van der Waals surface area contributed by atoms with E-state index in [0.29, 0.717) is 0 Å². The molecule has 0 saturated carbocycles. The standard InChI is InChI=1S/C10H9FN4O/c11-7-3-1-2-4-8(7)15-6-5-13-9(14-12)10(15)16/h1-6H,12H2,(H,13,14). The monoisotopic (exact) mass is 220 g/mol. The molecule has 0 aliphatic heterocycles. The van der Waals surface area contributed by atoms with Crippen LogP contribution in [-0.2, 0) is 0 Å². The second kappa shape index (κ2) is 4.11. The Balaban J connectivity index is 2.66. The van der Waals surface area contributed by atoms with Crippen molar-refractivity contribution in [3.63, 3.8) is 0 Å². The Morgan fingerprint density at radius 2 is 2.12 bits per heavy atom. The zero-order valence-corrected chi connectivity index (χ0v) is 8.22. The summed E-state index contributed by atoms with van der Waals surface area (Å²) in [6.07, 6.45) is 2.74. The molecular formula is C10H9FN4O. The maximum absolute atomic E-state index is 13.5. The minimum atomic E-state index is -0.505. The van der Waals surface area contributed by atoms with Crippen molar-refractivity contribution in [1.29, 1.82) is 0 Å². The number of nitrogens with two attached hydrogens (primary N) is 1. The summed E-state index contributed by atoms with van der Waals surface area (Å²) in [5, 5.41) is 0. The van der Waals surface area contributed by atoms with Gasteiger partial charge in [-0.1, -0.05) is 12.1 Å². The molecule has 6 heteroatoms. The van der Waals surface area contributed by atoms with Crippen LogP contribution in [0.1, 0.15) is 0 Å².